The Kier molecular flexibility index (Phi) is 2.88. The molecule has 0 aromatic carbocycles. The number of ether oxygens (including phenoxy) is 1. The van der Waals surface area contributed by atoms with Crippen molar-refractivity contribution in [3.05, 3.63) is 0 Å². The monoisotopic (exact) mass is 157 g/mol. The summed E-state index contributed by atoms with van der Waals surface area (Å²) in [5, 5.41) is 2.80. The van der Waals surface area contributed by atoms with Gasteiger partial charge in [0.15, 0.2) is 0 Å². The van der Waals surface area contributed by atoms with Gasteiger partial charge in [-0.2, -0.15) is 0 Å². The van der Waals surface area contributed by atoms with E-state index in [-0.39, 0.29) is 17.9 Å². The van der Waals surface area contributed by atoms with Crippen LogP contribution >= 0.6 is 0 Å². The van der Waals surface area contributed by atoms with Gasteiger partial charge in [-0.15, -0.1) is 0 Å². The Bertz CT molecular complexity index is 147. The van der Waals surface area contributed by atoms with Crippen LogP contribution in [-0.4, -0.2) is 25.7 Å². The van der Waals surface area contributed by atoms with Gasteiger partial charge in [0.1, 0.15) is 0 Å². The number of carbonyl (C=O) groups excluding carboxylic acids is 1. The minimum atomic E-state index is 0.185. The average Bonchev–Trinajstić information content (AvgIpc) is 2.37. The highest BCUT2D eigenvalue weighted by atomic mass is 16.5. The molecule has 1 rings (SSSR count). The molecule has 0 saturated carbocycles. The zero-order chi connectivity index (χ0) is 8.27. The number of amides is 1. The quantitative estimate of drug-likeness (QED) is 0.649. The standard InChI is InChI=1S/C8H15NO2/c1-6(11-2)5-7-3-4-9-8(7)10/h6-7H,3-5H2,1-2H3,(H,9,10). The highest BCUT2D eigenvalue weighted by Gasteiger charge is 2.25. The van der Waals surface area contributed by atoms with Crippen molar-refractivity contribution in [2.45, 2.75) is 25.9 Å². The van der Waals surface area contributed by atoms with Crippen LogP contribution in [0.3, 0.4) is 0 Å². The fourth-order valence-corrected chi connectivity index (χ4v) is 1.37. The van der Waals surface area contributed by atoms with E-state index in [1.807, 2.05) is 6.92 Å². The lowest BCUT2D eigenvalue weighted by Crippen LogP contribution is -2.22. The van der Waals surface area contributed by atoms with E-state index in [4.69, 9.17) is 4.74 Å². The van der Waals surface area contributed by atoms with Crippen molar-refractivity contribution in [1.82, 2.24) is 5.32 Å². The summed E-state index contributed by atoms with van der Waals surface area (Å²) in [6.45, 7) is 2.82. The second kappa shape index (κ2) is 3.72. The number of methoxy groups -OCH3 is 1. The third kappa shape index (κ3) is 2.19. The fraction of sp³-hybridized carbons (Fsp3) is 0.875. The summed E-state index contributed by atoms with van der Waals surface area (Å²) in [4.78, 5) is 11.1. The molecule has 0 bridgehead atoms. The molecule has 0 aromatic heterocycles. The average molecular weight is 157 g/mol. The SMILES string of the molecule is COC(C)CC1CCNC1=O. The molecule has 1 fully saturated rings. The highest BCUT2D eigenvalue weighted by molar-refractivity contribution is 5.80. The van der Waals surface area contributed by atoms with Crippen LogP contribution in [0.15, 0.2) is 0 Å². The maximum atomic E-state index is 11.1. The van der Waals surface area contributed by atoms with Gasteiger partial charge in [-0.1, -0.05) is 0 Å². The molecule has 1 aliphatic rings. The van der Waals surface area contributed by atoms with Crippen LogP contribution in [0.1, 0.15) is 19.8 Å². The number of hydrogen-bond donors (Lipinski definition) is 1. The third-order valence-electron chi connectivity index (χ3n) is 2.18. The second-order valence-corrected chi connectivity index (χ2v) is 3.06. The third-order valence-corrected chi connectivity index (χ3v) is 2.18. The van der Waals surface area contributed by atoms with Gasteiger partial charge in [-0.3, -0.25) is 4.79 Å². The van der Waals surface area contributed by atoms with Crippen LogP contribution in [0.5, 0.6) is 0 Å². The first-order chi connectivity index (χ1) is 5.24. The summed E-state index contributed by atoms with van der Waals surface area (Å²) in [5.74, 6) is 0.374. The Morgan fingerprint density at radius 1 is 1.82 bits per heavy atom. The van der Waals surface area contributed by atoms with Crippen LogP contribution in [-0.2, 0) is 9.53 Å². The Morgan fingerprint density at radius 2 is 2.55 bits per heavy atom. The normalized spacial score (nSPS) is 26.7. The lowest BCUT2D eigenvalue weighted by Gasteiger charge is -2.12. The molecule has 0 radical (unpaired) electrons. The molecular formula is C8H15NO2. The van der Waals surface area contributed by atoms with Gasteiger partial charge < -0.3 is 10.1 Å². The van der Waals surface area contributed by atoms with Crippen molar-refractivity contribution in [2.24, 2.45) is 5.92 Å². The molecule has 0 aromatic rings. The number of carbonyl (C=O) groups is 1. The summed E-state index contributed by atoms with van der Waals surface area (Å²) in [6, 6.07) is 0. The topological polar surface area (TPSA) is 38.3 Å². The lowest BCUT2D eigenvalue weighted by atomic mass is 10.0. The van der Waals surface area contributed by atoms with Gasteiger partial charge in [-0.25, -0.2) is 0 Å². The first kappa shape index (κ1) is 8.53. The second-order valence-electron chi connectivity index (χ2n) is 3.06. The Hall–Kier alpha value is -0.570. The molecular weight excluding hydrogens is 142 g/mol. The molecule has 3 nitrogen and oxygen atoms in total. The van der Waals surface area contributed by atoms with Crippen LogP contribution < -0.4 is 5.32 Å². The van der Waals surface area contributed by atoms with E-state index in [1.54, 1.807) is 7.11 Å². The Morgan fingerprint density at radius 3 is 3.00 bits per heavy atom. The van der Waals surface area contributed by atoms with E-state index in [0.29, 0.717) is 0 Å². The van der Waals surface area contributed by atoms with Crippen LogP contribution in [0.2, 0.25) is 0 Å². The van der Waals surface area contributed by atoms with Crippen LogP contribution in [0.4, 0.5) is 0 Å². The van der Waals surface area contributed by atoms with E-state index >= 15 is 0 Å². The van der Waals surface area contributed by atoms with E-state index in [1.165, 1.54) is 0 Å². The molecule has 2 atom stereocenters. The van der Waals surface area contributed by atoms with Crippen molar-refractivity contribution in [3.63, 3.8) is 0 Å². The molecule has 1 heterocycles. The molecule has 1 saturated heterocycles. The predicted octanol–water partition coefficient (Wildman–Crippen LogP) is 0.547. The smallest absolute Gasteiger partial charge is 0.223 e. The van der Waals surface area contributed by atoms with Gasteiger partial charge in [0.2, 0.25) is 5.91 Å². The summed E-state index contributed by atoms with van der Waals surface area (Å²) in [7, 11) is 1.68. The highest BCUT2D eigenvalue weighted by Crippen LogP contribution is 2.16. The molecule has 1 aliphatic heterocycles. The van der Waals surface area contributed by atoms with Gasteiger partial charge in [0, 0.05) is 19.6 Å². The number of nitrogens with one attached hydrogen (secondary N) is 1. The maximum absolute atomic E-state index is 11.1. The van der Waals surface area contributed by atoms with Gasteiger partial charge in [0.05, 0.1) is 6.10 Å². The molecule has 0 aliphatic carbocycles. The molecule has 3 heteroatoms. The van der Waals surface area contributed by atoms with E-state index < -0.39 is 0 Å². The maximum Gasteiger partial charge on any atom is 0.223 e. The van der Waals surface area contributed by atoms with E-state index in [9.17, 15) is 4.79 Å². The number of rotatable bonds is 3. The Labute approximate surface area is 67.1 Å². The minimum Gasteiger partial charge on any atom is -0.382 e. The fourth-order valence-electron chi connectivity index (χ4n) is 1.37. The minimum absolute atomic E-state index is 0.185. The molecule has 1 amide bonds. The summed E-state index contributed by atoms with van der Waals surface area (Å²) < 4.78 is 5.08. The summed E-state index contributed by atoms with van der Waals surface area (Å²) in [6.07, 6.45) is 2.01. The molecule has 1 N–H and O–H groups in total. The van der Waals surface area contributed by atoms with E-state index in [0.717, 1.165) is 19.4 Å². The van der Waals surface area contributed by atoms with Crippen molar-refractivity contribution in [2.75, 3.05) is 13.7 Å². The predicted molar refractivity (Wildman–Crippen MR) is 42.2 cm³/mol. The van der Waals surface area contributed by atoms with Crippen molar-refractivity contribution >= 4 is 5.91 Å². The summed E-state index contributed by atoms with van der Waals surface area (Å²) >= 11 is 0. The van der Waals surface area contributed by atoms with Crippen molar-refractivity contribution in [1.29, 1.82) is 0 Å². The summed E-state index contributed by atoms with van der Waals surface area (Å²) in [5.41, 5.74) is 0. The molecule has 2 unspecified atom stereocenters. The molecule has 0 spiro atoms. The van der Waals surface area contributed by atoms with Crippen LogP contribution in [0, 0.1) is 5.92 Å². The zero-order valence-corrected chi connectivity index (χ0v) is 7.09. The first-order valence-electron chi connectivity index (χ1n) is 4.04. The number of hydrogen-bond acceptors (Lipinski definition) is 2. The van der Waals surface area contributed by atoms with Gasteiger partial charge in [0.25, 0.3) is 0 Å². The lowest BCUT2D eigenvalue weighted by molar-refractivity contribution is -0.123. The Balaban J connectivity index is 2.30. The van der Waals surface area contributed by atoms with Crippen molar-refractivity contribution in [3.8, 4) is 0 Å². The largest absolute Gasteiger partial charge is 0.382 e. The van der Waals surface area contributed by atoms with Gasteiger partial charge >= 0.3 is 0 Å². The van der Waals surface area contributed by atoms with Gasteiger partial charge in [-0.05, 0) is 19.8 Å². The molecule has 64 valence electrons. The molecule has 11 heavy (non-hydrogen) atoms. The zero-order valence-electron chi connectivity index (χ0n) is 7.09. The van der Waals surface area contributed by atoms with Crippen molar-refractivity contribution < 1.29 is 9.53 Å². The first-order valence-corrected chi connectivity index (χ1v) is 4.04. The van der Waals surface area contributed by atoms with Crippen LogP contribution in [0.25, 0.3) is 0 Å². The van der Waals surface area contributed by atoms with E-state index in [2.05, 4.69) is 5.32 Å².